The Labute approximate surface area is 236 Å². The smallest absolute Gasteiger partial charge is 0.417 e. The van der Waals surface area contributed by atoms with E-state index in [0.29, 0.717) is 12.3 Å². The molecule has 8 nitrogen and oxygen atoms in total. The van der Waals surface area contributed by atoms with E-state index >= 15 is 0 Å². The van der Waals surface area contributed by atoms with Gasteiger partial charge < -0.3 is 10.1 Å². The second kappa shape index (κ2) is 11.5. The average molecular weight is 624 g/mol. The third kappa shape index (κ3) is 6.91. The third-order valence-electron chi connectivity index (χ3n) is 6.89. The fraction of sp³-hybridized carbons (Fsp3) is 0.423. The molecule has 0 radical (unpaired) electrons. The van der Waals surface area contributed by atoms with Crippen LogP contribution in [0.25, 0.3) is 0 Å². The van der Waals surface area contributed by atoms with Crippen LogP contribution in [0.2, 0.25) is 0 Å². The molecule has 3 atom stereocenters. The van der Waals surface area contributed by atoms with Crippen LogP contribution < -0.4 is 10.1 Å². The highest BCUT2D eigenvalue weighted by atomic mass is 19.4. The Hall–Kier alpha value is -4.18. The summed E-state index contributed by atoms with van der Waals surface area (Å²) in [6.07, 6.45) is -21.3. The number of rotatable bonds is 7. The van der Waals surface area contributed by atoms with E-state index in [1.165, 1.54) is 25.3 Å². The molecule has 0 bridgehead atoms. The number of ether oxygens (including phenoxy) is 1. The highest BCUT2D eigenvalue weighted by Crippen LogP contribution is 2.41. The number of aliphatic imine (C=N–C) groups is 1. The van der Waals surface area contributed by atoms with Crippen LogP contribution in [0.3, 0.4) is 0 Å². The summed E-state index contributed by atoms with van der Waals surface area (Å²) in [5, 5.41) is 2.40. The molecule has 1 aromatic heterocycles. The van der Waals surface area contributed by atoms with Gasteiger partial charge in [0.05, 0.1) is 41.6 Å². The lowest BCUT2D eigenvalue weighted by Gasteiger charge is -2.22. The maximum absolute atomic E-state index is 13.4. The number of aromatic nitrogens is 1. The lowest BCUT2D eigenvalue weighted by Crippen LogP contribution is -2.46. The summed E-state index contributed by atoms with van der Waals surface area (Å²) in [7, 11) is 1.22. The maximum atomic E-state index is 13.4. The number of benzene rings is 1. The van der Waals surface area contributed by atoms with E-state index in [1.807, 2.05) is 0 Å². The summed E-state index contributed by atoms with van der Waals surface area (Å²) in [4.78, 5) is 48.2. The number of pyridine rings is 1. The van der Waals surface area contributed by atoms with E-state index in [1.54, 1.807) is 0 Å². The van der Waals surface area contributed by atoms with Crippen molar-refractivity contribution in [3.05, 3.63) is 53.3 Å². The van der Waals surface area contributed by atoms with Gasteiger partial charge in [-0.15, -0.1) is 0 Å². The summed E-state index contributed by atoms with van der Waals surface area (Å²) in [5.74, 6) is -7.53. The molecule has 0 aliphatic carbocycles. The standard InChI is InChI=1S/C26H21F9N4O4/c1-43-17-4-2-3-15-18(16-6-5-12(11-36-16)26(33,34)35)37-20(21(40)38-19(15)17)39-22(41)13(7-9-24(27,28)29)14(23(39)42)8-10-25(30,31)32/h2-6,11,13-14,20H,7-10H2,1H3,(H,38,40)/t13-,14+,20-/m0/s1. The molecule has 1 aromatic carbocycles. The molecule has 1 fully saturated rings. The number of likely N-dealkylation sites (tertiary alicyclic amines) is 1. The van der Waals surface area contributed by atoms with Crippen molar-refractivity contribution < 1.29 is 58.6 Å². The number of benzodiazepines with no additional fused rings is 1. The topological polar surface area (TPSA) is 101 Å². The van der Waals surface area contributed by atoms with Crippen LogP contribution in [-0.2, 0) is 20.6 Å². The molecule has 4 rings (SSSR count). The molecular formula is C26H21F9N4O4. The number of anilines is 1. The van der Waals surface area contributed by atoms with Crippen LogP contribution in [0, 0.1) is 11.8 Å². The number of para-hydroxylation sites is 1. The zero-order chi connectivity index (χ0) is 31.9. The molecule has 232 valence electrons. The number of carbonyl (C=O) groups is 3. The third-order valence-corrected chi connectivity index (χ3v) is 6.89. The van der Waals surface area contributed by atoms with Crippen LogP contribution in [0.1, 0.15) is 42.5 Å². The van der Waals surface area contributed by atoms with Crippen molar-refractivity contribution in [2.45, 2.75) is 50.4 Å². The first-order chi connectivity index (χ1) is 19.9. The van der Waals surface area contributed by atoms with Gasteiger partial charge in [-0.05, 0) is 31.0 Å². The summed E-state index contributed by atoms with van der Waals surface area (Å²) in [6.45, 7) is 0. The van der Waals surface area contributed by atoms with E-state index in [2.05, 4.69) is 15.3 Å². The van der Waals surface area contributed by atoms with E-state index < -0.39 is 85.5 Å². The summed E-state index contributed by atoms with van der Waals surface area (Å²) >= 11 is 0. The van der Waals surface area contributed by atoms with Crippen molar-refractivity contribution >= 4 is 29.1 Å². The molecule has 0 saturated carbocycles. The molecule has 0 unspecified atom stereocenters. The van der Waals surface area contributed by atoms with Gasteiger partial charge in [-0.25, -0.2) is 9.89 Å². The zero-order valence-corrected chi connectivity index (χ0v) is 21.9. The van der Waals surface area contributed by atoms with Crippen LogP contribution in [0.5, 0.6) is 5.75 Å². The number of nitrogens with one attached hydrogen (secondary N) is 1. The Bertz CT molecular complexity index is 1400. The molecule has 3 amide bonds. The van der Waals surface area contributed by atoms with Gasteiger partial charge in [0.15, 0.2) is 0 Å². The van der Waals surface area contributed by atoms with E-state index in [0.717, 1.165) is 6.07 Å². The first kappa shape index (κ1) is 31.7. The van der Waals surface area contributed by atoms with Gasteiger partial charge in [0, 0.05) is 24.6 Å². The van der Waals surface area contributed by atoms with E-state index in [4.69, 9.17) is 4.74 Å². The van der Waals surface area contributed by atoms with E-state index in [-0.39, 0.29) is 33.3 Å². The SMILES string of the molecule is COc1cccc2c1NC(=O)[C@H](N1C(=O)[C@@H](CCC(F)(F)F)[C@@H](CCC(F)(F)F)C1=O)N=C2c1ccc(C(F)(F)F)cn1. The Morgan fingerprint density at radius 2 is 1.44 bits per heavy atom. The van der Waals surface area contributed by atoms with Crippen LogP contribution >= 0.6 is 0 Å². The molecule has 17 heteroatoms. The predicted octanol–water partition coefficient (Wildman–Crippen LogP) is 5.51. The second-order valence-electron chi connectivity index (χ2n) is 9.72. The van der Waals surface area contributed by atoms with Gasteiger partial charge in [0.25, 0.3) is 5.91 Å². The number of imide groups is 1. The highest BCUT2D eigenvalue weighted by Gasteiger charge is 2.53. The Morgan fingerprint density at radius 1 is 0.860 bits per heavy atom. The summed E-state index contributed by atoms with van der Waals surface area (Å²) < 4.78 is 123. The lowest BCUT2D eigenvalue weighted by atomic mass is 9.87. The Morgan fingerprint density at radius 3 is 1.91 bits per heavy atom. The maximum Gasteiger partial charge on any atom is 0.417 e. The number of hydrogen-bond donors (Lipinski definition) is 1. The fourth-order valence-electron chi connectivity index (χ4n) is 4.89. The quantitative estimate of drug-likeness (QED) is 0.324. The molecule has 3 heterocycles. The molecule has 0 spiro atoms. The van der Waals surface area contributed by atoms with Crippen molar-refractivity contribution in [1.29, 1.82) is 0 Å². The molecule has 1 N–H and O–H groups in total. The number of nitrogens with zero attached hydrogens (tertiary/aromatic N) is 3. The number of fused-ring (bicyclic) bond motifs is 1. The van der Waals surface area contributed by atoms with Crippen molar-refractivity contribution in [3.63, 3.8) is 0 Å². The zero-order valence-electron chi connectivity index (χ0n) is 21.9. The van der Waals surface area contributed by atoms with E-state index in [9.17, 15) is 53.9 Å². The highest BCUT2D eigenvalue weighted by molar-refractivity contribution is 6.21. The minimum atomic E-state index is -4.80. The molecule has 2 aliphatic heterocycles. The van der Waals surface area contributed by atoms with Crippen LogP contribution in [0.4, 0.5) is 45.2 Å². The summed E-state index contributed by atoms with van der Waals surface area (Å²) in [6, 6.07) is 5.75. The minimum absolute atomic E-state index is 0.0243. The number of halogens is 9. The Balaban J connectivity index is 1.82. The monoisotopic (exact) mass is 624 g/mol. The molecule has 1 saturated heterocycles. The van der Waals surface area contributed by atoms with Crippen molar-refractivity contribution in [3.8, 4) is 5.75 Å². The van der Waals surface area contributed by atoms with Gasteiger partial charge in [0.2, 0.25) is 18.0 Å². The molecule has 2 aliphatic rings. The van der Waals surface area contributed by atoms with Crippen LogP contribution in [0.15, 0.2) is 41.5 Å². The predicted molar refractivity (Wildman–Crippen MR) is 130 cm³/mol. The van der Waals surface area contributed by atoms with Gasteiger partial charge >= 0.3 is 18.5 Å². The molecule has 43 heavy (non-hydrogen) atoms. The molecular weight excluding hydrogens is 603 g/mol. The second-order valence-corrected chi connectivity index (χ2v) is 9.72. The van der Waals surface area contributed by atoms with Crippen LogP contribution in [-0.4, -0.2) is 58.9 Å². The number of amides is 3. The lowest BCUT2D eigenvalue weighted by molar-refractivity contribution is -0.147. The Kier molecular flexibility index (Phi) is 8.48. The largest absolute Gasteiger partial charge is 0.495 e. The van der Waals surface area contributed by atoms with Gasteiger partial charge in [-0.1, -0.05) is 12.1 Å². The van der Waals surface area contributed by atoms with Gasteiger partial charge in [0.1, 0.15) is 5.75 Å². The average Bonchev–Trinajstić information content (AvgIpc) is 3.03. The fourth-order valence-corrected chi connectivity index (χ4v) is 4.89. The summed E-state index contributed by atoms with van der Waals surface area (Å²) in [5.41, 5.74) is -1.75. The number of carbonyl (C=O) groups excluding carboxylic acids is 3. The normalized spacial score (nSPS) is 21.3. The number of alkyl halides is 9. The first-order valence-corrected chi connectivity index (χ1v) is 12.5. The van der Waals surface area contributed by atoms with Gasteiger partial charge in [-0.3, -0.25) is 19.4 Å². The van der Waals surface area contributed by atoms with Crippen molar-refractivity contribution in [1.82, 2.24) is 9.88 Å². The first-order valence-electron chi connectivity index (χ1n) is 12.5. The minimum Gasteiger partial charge on any atom is -0.495 e. The number of methoxy groups -OCH3 is 1. The number of hydrogen-bond acceptors (Lipinski definition) is 6. The molecule has 2 aromatic rings. The van der Waals surface area contributed by atoms with Gasteiger partial charge in [-0.2, -0.15) is 39.5 Å². The van der Waals surface area contributed by atoms with Crippen molar-refractivity contribution in [2.24, 2.45) is 16.8 Å². The van der Waals surface area contributed by atoms with Crippen molar-refractivity contribution in [2.75, 3.05) is 12.4 Å².